The molecule has 2 fully saturated rings. The Morgan fingerprint density at radius 3 is 2.26 bits per heavy atom. The molecule has 58 heavy (non-hydrogen) atoms. The van der Waals surface area contributed by atoms with Crippen LogP contribution in [0, 0.1) is 22.7 Å². The molecule has 3 aromatic heterocycles. The number of rotatable bonds is 14. The summed E-state index contributed by atoms with van der Waals surface area (Å²) in [7, 11) is -2.70. The molecule has 0 bridgehead atoms. The molecule has 1 N–H and O–H groups in total. The highest BCUT2D eigenvalue weighted by atomic mass is 32.2. The van der Waals surface area contributed by atoms with Crippen molar-refractivity contribution >= 4 is 21.7 Å². The highest BCUT2D eigenvalue weighted by Crippen LogP contribution is 2.49. The summed E-state index contributed by atoms with van der Waals surface area (Å²) in [4.78, 5) is 21.0. The van der Waals surface area contributed by atoms with Crippen molar-refractivity contribution in [2.45, 2.75) is 122 Å². The van der Waals surface area contributed by atoms with Gasteiger partial charge in [-0.1, -0.05) is 51.1 Å². The summed E-state index contributed by atoms with van der Waals surface area (Å²) >= 11 is 0. The average Bonchev–Trinajstić information content (AvgIpc) is 3.88. The van der Waals surface area contributed by atoms with Crippen LogP contribution in [0.4, 0.5) is 19.0 Å². The fraction of sp³-hybridized carbons (Fsp3) is 0.581. The number of aryl methyl sites for hydroxylation is 1. The Balaban J connectivity index is 1.25. The number of hydrogen-bond donors (Lipinski definition) is 1. The summed E-state index contributed by atoms with van der Waals surface area (Å²) < 4.78 is 79.5. The first-order chi connectivity index (χ1) is 27.2. The SMILES string of the molecule is CCC(CC)(Cc1nn(C)cc1S(=O)(=O)NC(=O)c1ccc(-n2ccc(OCC(C)(C)C(F)(F)F)n2)nc1N1C[C@@H](C)CC1(C)C)C1CCC(c2ccccc2)CC1. The lowest BCUT2D eigenvalue weighted by Gasteiger charge is -2.43. The van der Waals surface area contributed by atoms with Gasteiger partial charge in [0.1, 0.15) is 17.3 Å². The molecule has 4 heterocycles. The van der Waals surface area contributed by atoms with Crippen LogP contribution in [-0.4, -0.2) is 63.7 Å². The number of halogens is 3. The summed E-state index contributed by atoms with van der Waals surface area (Å²) in [6.45, 7) is 12.6. The number of carbonyl (C=O) groups excluding carboxylic acids is 1. The number of amides is 1. The van der Waals surface area contributed by atoms with Gasteiger partial charge in [-0.15, -0.1) is 5.10 Å². The molecule has 1 amide bonds. The Morgan fingerprint density at radius 1 is 0.983 bits per heavy atom. The summed E-state index contributed by atoms with van der Waals surface area (Å²) in [6.07, 6.45) is 5.78. The Bertz CT molecular complexity index is 2170. The molecule has 2 aliphatic rings. The monoisotopic (exact) mass is 825 g/mol. The van der Waals surface area contributed by atoms with Crippen molar-refractivity contribution in [2.24, 2.45) is 29.7 Å². The Labute approximate surface area is 340 Å². The molecule has 316 valence electrons. The number of alkyl halides is 3. The second kappa shape index (κ2) is 16.3. The van der Waals surface area contributed by atoms with Gasteiger partial charge in [-0.2, -0.15) is 18.3 Å². The third-order valence-electron chi connectivity index (χ3n) is 12.8. The maximum atomic E-state index is 14.3. The van der Waals surface area contributed by atoms with Crippen molar-refractivity contribution < 1.29 is 31.1 Å². The van der Waals surface area contributed by atoms with Gasteiger partial charge in [0.2, 0.25) is 5.88 Å². The summed E-state index contributed by atoms with van der Waals surface area (Å²) in [5.41, 5.74) is -0.819. The molecule has 1 saturated heterocycles. The molecule has 0 radical (unpaired) electrons. The Kier molecular flexibility index (Phi) is 12.2. The van der Waals surface area contributed by atoms with Gasteiger partial charge in [0.25, 0.3) is 15.9 Å². The van der Waals surface area contributed by atoms with E-state index in [0.717, 1.165) is 58.8 Å². The van der Waals surface area contributed by atoms with Gasteiger partial charge in [-0.05, 0) is 120 Å². The maximum absolute atomic E-state index is 14.3. The molecule has 15 heteroatoms. The fourth-order valence-corrected chi connectivity index (χ4v) is 10.3. The van der Waals surface area contributed by atoms with E-state index < -0.39 is 39.7 Å². The second-order valence-electron chi connectivity index (χ2n) is 17.8. The van der Waals surface area contributed by atoms with Gasteiger partial charge in [-0.25, -0.2) is 22.8 Å². The van der Waals surface area contributed by atoms with E-state index in [1.807, 2.05) is 24.8 Å². The normalized spacial score (nSPS) is 20.3. The lowest BCUT2D eigenvalue weighted by molar-refractivity contribution is -0.219. The minimum absolute atomic E-state index is 0.0216. The van der Waals surface area contributed by atoms with Crippen molar-refractivity contribution in [1.29, 1.82) is 0 Å². The first-order valence-corrected chi connectivity index (χ1v) is 21.9. The molecule has 1 aliphatic heterocycles. The zero-order valence-corrected chi connectivity index (χ0v) is 35.8. The molecule has 1 aliphatic carbocycles. The first-order valence-electron chi connectivity index (χ1n) is 20.4. The van der Waals surface area contributed by atoms with Gasteiger partial charge in [0.05, 0.1) is 16.7 Å². The largest absolute Gasteiger partial charge is 0.476 e. The van der Waals surface area contributed by atoms with Crippen molar-refractivity contribution in [1.82, 2.24) is 29.3 Å². The number of nitrogens with zero attached hydrogens (tertiary/aromatic N) is 6. The molecule has 0 unspecified atom stereocenters. The van der Waals surface area contributed by atoms with Crippen molar-refractivity contribution in [3.63, 3.8) is 0 Å². The van der Waals surface area contributed by atoms with Crippen LogP contribution in [-0.2, 0) is 23.5 Å². The van der Waals surface area contributed by atoms with Gasteiger partial charge in [-0.3, -0.25) is 9.48 Å². The van der Waals surface area contributed by atoms with E-state index in [4.69, 9.17) is 9.72 Å². The van der Waals surface area contributed by atoms with Gasteiger partial charge < -0.3 is 9.64 Å². The Morgan fingerprint density at radius 2 is 1.66 bits per heavy atom. The maximum Gasteiger partial charge on any atom is 0.397 e. The second-order valence-corrected chi connectivity index (χ2v) is 19.4. The van der Waals surface area contributed by atoms with Crippen LogP contribution >= 0.6 is 0 Å². The van der Waals surface area contributed by atoms with Crippen LogP contribution < -0.4 is 14.4 Å². The quantitative estimate of drug-likeness (QED) is 0.134. The molecule has 6 rings (SSSR count). The highest BCUT2D eigenvalue weighted by molar-refractivity contribution is 7.90. The predicted octanol–water partition coefficient (Wildman–Crippen LogP) is 9.03. The van der Waals surface area contributed by atoms with E-state index >= 15 is 0 Å². The fourth-order valence-electron chi connectivity index (χ4n) is 9.17. The molecular weight excluding hydrogens is 768 g/mol. The van der Waals surface area contributed by atoms with Crippen LogP contribution in [0.3, 0.4) is 0 Å². The van der Waals surface area contributed by atoms with E-state index in [2.05, 4.69) is 60.0 Å². The lowest BCUT2D eigenvalue weighted by atomic mass is 9.61. The van der Waals surface area contributed by atoms with E-state index in [1.165, 1.54) is 45.5 Å². The molecule has 1 atom stereocenters. The molecular formula is C43H58F3N7O4S. The van der Waals surface area contributed by atoms with Crippen LogP contribution in [0.15, 0.2) is 65.8 Å². The van der Waals surface area contributed by atoms with Crippen LogP contribution in [0.5, 0.6) is 5.88 Å². The predicted molar refractivity (Wildman–Crippen MR) is 218 cm³/mol. The van der Waals surface area contributed by atoms with Gasteiger partial charge in [0.15, 0.2) is 5.82 Å². The van der Waals surface area contributed by atoms with E-state index in [-0.39, 0.29) is 39.3 Å². The number of pyridine rings is 1. The summed E-state index contributed by atoms with van der Waals surface area (Å²) in [5, 5.41) is 8.98. The number of aromatic nitrogens is 5. The van der Waals surface area contributed by atoms with Gasteiger partial charge >= 0.3 is 6.18 Å². The van der Waals surface area contributed by atoms with E-state index in [1.54, 1.807) is 7.05 Å². The van der Waals surface area contributed by atoms with Crippen molar-refractivity contribution in [3.8, 4) is 11.7 Å². The van der Waals surface area contributed by atoms with Crippen molar-refractivity contribution in [3.05, 3.63) is 77.7 Å². The molecule has 11 nitrogen and oxygen atoms in total. The standard InChI is InChI=1S/C43H58F3N7O4S/c1-9-42(10-2,32-18-16-31(17-19-32)30-14-12-11-13-15-30)25-34-35(27-51(8)48-34)58(55,56)50-39(54)33-20-21-36(47-38(33)52-26-29(3)24-41(52,6)7)53-23-22-37(49-53)57-28-40(4,5)43(44,45)46/h11-15,20-23,27,29,31-32H,9-10,16-19,24-26,28H2,1-8H3,(H,50,54)/t29-,31?,32?/m0/s1. The van der Waals surface area contributed by atoms with Crippen LogP contribution in [0.1, 0.15) is 121 Å². The number of nitrogens with one attached hydrogen (secondary N) is 1. The highest BCUT2D eigenvalue weighted by Gasteiger charge is 2.48. The molecule has 0 spiro atoms. The minimum atomic E-state index is -4.47. The smallest absolute Gasteiger partial charge is 0.397 e. The number of ether oxygens (including phenoxy) is 1. The van der Waals surface area contributed by atoms with E-state index in [0.29, 0.717) is 30.5 Å². The van der Waals surface area contributed by atoms with Crippen LogP contribution in [0.2, 0.25) is 0 Å². The number of benzene rings is 1. The third-order valence-corrected chi connectivity index (χ3v) is 14.1. The number of sulfonamides is 1. The zero-order valence-electron chi connectivity index (χ0n) is 34.9. The number of carbonyl (C=O) groups is 1. The average molecular weight is 826 g/mol. The lowest BCUT2D eigenvalue weighted by Crippen LogP contribution is -2.41. The topological polar surface area (TPSA) is 124 Å². The van der Waals surface area contributed by atoms with Crippen molar-refractivity contribution in [2.75, 3.05) is 18.1 Å². The molecule has 1 aromatic carbocycles. The minimum Gasteiger partial charge on any atom is -0.476 e. The Hall–Kier alpha value is -4.40. The first kappa shape index (κ1) is 43.2. The van der Waals surface area contributed by atoms with Crippen LogP contribution in [0.25, 0.3) is 5.82 Å². The third kappa shape index (κ3) is 8.93. The van der Waals surface area contributed by atoms with E-state index in [9.17, 15) is 26.4 Å². The zero-order chi connectivity index (χ0) is 42.3. The molecule has 1 saturated carbocycles. The molecule has 4 aromatic rings. The summed E-state index contributed by atoms with van der Waals surface area (Å²) in [6, 6.07) is 15.1. The number of hydrogen-bond acceptors (Lipinski definition) is 8. The summed E-state index contributed by atoms with van der Waals surface area (Å²) in [5.74, 6) is 0.855. The van der Waals surface area contributed by atoms with Gasteiger partial charge in [0, 0.05) is 37.6 Å². The number of anilines is 1.